The van der Waals surface area contributed by atoms with Crippen molar-refractivity contribution >= 4 is 29.1 Å². The van der Waals surface area contributed by atoms with Crippen molar-refractivity contribution in [3.05, 3.63) is 22.2 Å². The van der Waals surface area contributed by atoms with Gasteiger partial charge in [0, 0.05) is 17.4 Å². The molecule has 1 aromatic heterocycles. The summed E-state index contributed by atoms with van der Waals surface area (Å²) in [6.07, 6.45) is 4.31. The Morgan fingerprint density at radius 2 is 2.33 bits per heavy atom. The number of hydrogen-bond donors (Lipinski definition) is 3. The summed E-state index contributed by atoms with van der Waals surface area (Å²) in [5.74, 6) is 5.91. The summed E-state index contributed by atoms with van der Waals surface area (Å²) in [5.41, 5.74) is 2.35. The molecule has 0 spiro atoms. The van der Waals surface area contributed by atoms with Gasteiger partial charge >= 0.3 is 5.69 Å². The Morgan fingerprint density at radius 1 is 1.61 bits per heavy atom. The van der Waals surface area contributed by atoms with Crippen LogP contribution >= 0.6 is 11.8 Å². The molecule has 0 amide bonds. The van der Waals surface area contributed by atoms with Gasteiger partial charge in [0.25, 0.3) is 0 Å². The van der Waals surface area contributed by atoms with Gasteiger partial charge in [-0.2, -0.15) is 11.8 Å². The normalized spacial score (nSPS) is 16.1. The van der Waals surface area contributed by atoms with Gasteiger partial charge < -0.3 is 10.7 Å². The summed E-state index contributed by atoms with van der Waals surface area (Å²) < 4.78 is 0.210. The zero-order valence-corrected chi connectivity index (χ0v) is 10.8. The van der Waals surface area contributed by atoms with Crippen molar-refractivity contribution in [3.63, 3.8) is 0 Å². The zero-order valence-electron chi connectivity index (χ0n) is 9.97. The summed E-state index contributed by atoms with van der Waals surface area (Å²) in [7, 11) is 0. The number of nitrogens with zero attached hydrogens (tertiary/aromatic N) is 2. The lowest BCUT2D eigenvalue weighted by molar-refractivity contribution is -0.384. The maximum absolute atomic E-state index is 10.9. The van der Waals surface area contributed by atoms with E-state index in [2.05, 4.69) is 15.7 Å². The van der Waals surface area contributed by atoms with Crippen molar-refractivity contribution in [2.45, 2.75) is 17.6 Å². The van der Waals surface area contributed by atoms with Crippen molar-refractivity contribution in [2.24, 2.45) is 5.84 Å². The summed E-state index contributed by atoms with van der Waals surface area (Å²) in [4.78, 5) is 14.5. The molecule has 0 aromatic carbocycles. The minimum atomic E-state index is -0.450. The Kier molecular flexibility index (Phi) is 3.58. The standard InChI is InChI=1S/C10H15N5O2S/c1-18-10(4-5-10)6-12-9-7(15(16)17)2-3-8(13-9)14-11/h2-3H,4-6,11H2,1H3,(H2,12,13,14). The molecule has 4 N–H and O–H groups in total. The topological polar surface area (TPSA) is 106 Å². The van der Waals surface area contributed by atoms with Crippen LogP contribution in [0, 0.1) is 10.1 Å². The predicted molar refractivity (Wildman–Crippen MR) is 72.7 cm³/mol. The molecule has 1 saturated carbocycles. The first kappa shape index (κ1) is 12.9. The van der Waals surface area contributed by atoms with Gasteiger partial charge in [-0.05, 0) is 25.2 Å². The number of hydrogen-bond acceptors (Lipinski definition) is 7. The van der Waals surface area contributed by atoms with E-state index in [4.69, 9.17) is 5.84 Å². The van der Waals surface area contributed by atoms with E-state index < -0.39 is 4.92 Å². The van der Waals surface area contributed by atoms with Crippen LogP contribution < -0.4 is 16.6 Å². The maximum atomic E-state index is 10.9. The second kappa shape index (κ2) is 4.99. The van der Waals surface area contributed by atoms with Gasteiger partial charge in [-0.15, -0.1) is 0 Å². The van der Waals surface area contributed by atoms with E-state index in [0.717, 1.165) is 12.8 Å². The van der Waals surface area contributed by atoms with Gasteiger partial charge in [0.15, 0.2) is 0 Å². The van der Waals surface area contributed by atoms with E-state index in [9.17, 15) is 10.1 Å². The minimum absolute atomic E-state index is 0.0362. The Bertz CT molecular complexity index is 464. The van der Waals surface area contributed by atoms with Crippen LogP contribution in [0.5, 0.6) is 0 Å². The quantitative estimate of drug-likeness (QED) is 0.409. The van der Waals surface area contributed by atoms with Crippen molar-refractivity contribution in [2.75, 3.05) is 23.5 Å². The van der Waals surface area contributed by atoms with Gasteiger partial charge in [-0.3, -0.25) is 10.1 Å². The van der Waals surface area contributed by atoms with Gasteiger partial charge in [-0.1, -0.05) is 0 Å². The number of nitrogens with one attached hydrogen (secondary N) is 2. The van der Waals surface area contributed by atoms with Crippen molar-refractivity contribution in [3.8, 4) is 0 Å². The molecular formula is C10H15N5O2S. The first-order chi connectivity index (χ1) is 8.60. The number of pyridine rings is 1. The highest BCUT2D eigenvalue weighted by molar-refractivity contribution is 8.00. The summed E-state index contributed by atoms with van der Waals surface area (Å²) in [6.45, 7) is 0.677. The minimum Gasteiger partial charge on any atom is -0.363 e. The van der Waals surface area contributed by atoms with Crippen molar-refractivity contribution in [1.82, 2.24) is 4.98 Å². The molecule has 8 heteroatoms. The molecule has 0 saturated heterocycles. The number of nitrogen functional groups attached to an aromatic ring is 1. The Hall–Kier alpha value is -1.54. The van der Waals surface area contributed by atoms with Gasteiger partial charge in [0.2, 0.25) is 5.82 Å². The molecule has 0 atom stereocenters. The molecule has 1 aromatic rings. The molecule has 1 aliphatic rings. The number of nitro groups is 1. The second-order valence-corrected chi connectivity index (χ2v) is 5.48. The molecular weight excluding hydrogens is 254 g/mol. The van der Waals surface area contributed by atoms with Crippen LogP contribution in [0.3, 0.4) is 0 Å². The molecule has 1 aliphatic carbocycles. The second-order valence-electron chi connectivity index (χ2n) is 4.21. The monoisotopic (exact) mass is 269 g/mol. The Morgan fingerprint density at radius 3 is 2.83 bits per heavy atom. The first-order valence-electron chi connectivity index (χ1n) is 5.51. The molecule has 0 aliphatic heterocycles. The van der Waals surface area contributed by atoms with Crippen LogP contribution in [-0.2, 0) is 0 Å². The van der Waals surface area contributed by atoms with Crippen LogP contribution in [0.2, 0.25) is 0 Å². The third-order valence-electron chi connectivity index (χ3n) is 3.04. The summed E-state index contributed by atoms with van der Waals surface area (Å²) >= 11 is 1.78. The fraction of sp³-hybridized carbons (Fsp3) is 0.500. The van der Waals surface area contributed by atoms with Gasteiger partial charge in [0.05, 0.1) is 4.92 Å². The van der Waals surface area contributed by atoms with Crippen LogP contribution in [-0.4, -0.2) is 27.5 Å². The van der Waals surface area contributed by atoms with E-state index in [1.54, 1.807) is 11.8 Å². The van der Waals surface area contributed by atoms with Gasteiger partial charge in [-0.25, -0.2) is 10.8 Å². The SMILES string of the molecule is CSC1(CNc2nc(NN)ccc2[N+](=O)[O-])CC1. The van der Waals surface area contributed by atoms with Crippen LogP contribution in [0.15, 0.2) is 12.1 Å². The zero-order chi connectivity index (χ0) is 13.2. The fourth-order valence-electron chi connectivity index (χ4n) is 1.65. The maximum Gasteiger partial charge on any atom is 0.311 e. The van der Waals surface area contributed by atoms with E-state index >= 15 is 0 Å². The van der Waals surface area contributed by atoms with Crippen LogP contribution in [0.25, 0.3) is 0 Å². The molecule has 98 valence electrons. The molecule has 18 heavy (non-hydrogen) atoms. The lowest BCUT2D eigenvalue weighted by atomic mass is 10.3. The van der Waals surface area contributed by atoms with Crippen molar-refractivity contribution < 1.29 is 4.92 Å². The average molecular weight is 269 g/mol. The van der Waals surface area contributed by atoms with E-state index in [1.165, 1.54) is 12.1 Å². The third kappa shape index (κ3) is 2.65. The number of aromatic nitrogens is 1. The molecule has 0 radical (unpaired) electrons. The fourth-order valence-corrected chi connectivity index (χ4v) is 2.37. The summed E-state index contributed by atoms with van der Waals surface area (Å²) in [6, 6.07) is 2.87. The van der Waals surface area contributed by atoms with E-state index in [1.807, 2.05) is 6.26 Å². The molecule has 0 bridgehead atoms. The molecule has 0 unspecified atom stereocenters. The third-order valence-corrected chi connectivity index (χ3v) is 4.46. The molecule has 2 rings (SSSR count). The van der Waals surface area contributed by atoms with Crippen molar-refractivity contribution in [1.29, 1.82) is 0 Å². The van der Waals surface area contributed by atoms with Gasteiger partial charge in [0.1, 0.15) is 5.82 Å². The first-order valence-corrected chi connectivity index (χ1v) is 6.74. The number of anilines is 2. The number of nitrogens with two attached hydrogens (primary N) is 1. The van der Waals surface area contributed by atoms with E-state index in [0.29, 0.717) is 12.4 Å². The largest absolute Gasteiger partial charge is 0.363 e. The smallest absolute Gasteiger partial charge is 0.311 e. The van der Waals surface area contributed by atoms with E-state index in [-0.39, 0.29) is 16.3 Å². The predicted octanol–water partition coefficient (Wildman–Crippen LogP) is 1.58. The van der Waals surface area contributed by atoms with Crippen LogP contribution in [0.4, 0.5) is 17.3 Å². The highest BCUT2D eigenvalue weighted by atomic mass is 32.2. The van der Waals surface area contributed by atoms with Crippen LogP contribution in [0.1, 0.15) is 12.8 Å². The molecule has 1 fully saturated rings. The molecule has 7 nitrogen and oxygen atoms in total. The highest BCUT2D eigenvalue weighted by Crippen LogP contribution is 2.47. The Labute approximate surface area is 109 Å². The highest BCUT2D eigenvalue weighted by Gasteiger charge is 2.42. The average Bonchev–Trinajstić information content (AvgIpc) is 3.16. The number of rotatable bonds is 6. The molecule has 1 heterocycles. The lowest BCUT2D eigenvalue weighted by Gasteiger charge is -2.14. The lowest BCUT2D eigenvalue weighted by Crippen LogP contribution is -2.19. The Balaban J connectivity index is 2.16. The number of hydrazine groups is 1. The number of thioether (sulfide) groups is 1. The summed E-state index contributed by atoms with van der Waals surface area (Å²) in [5, 5.41) is 14.0.